The Morgan fingerprint density at radius 2 is 1.65 bits per heavy atom. The zero-order chi connectivity index (χ0) is 26.6. The molecule has 0 aliphatic rings. The van der Waals surface area contributed by atoms with E-state index < -0.39 is 29.7 Å². The molecule has 37 heavy (non-hydrogen) atoms. The maximum absolute atomic E-state index is 12.9. The van der Waals surface area contributed by atoms with Crippen LogP contribution >= 0.6 is 11.8 Å². The molecule has 1 atom stereocenters. The van der Waals surface area contributed by atoms with Crippen molar-refractivity contribution in [2.75, 3.05) is 24.8 Å². The molecule has 1 unspecified atom stereocenters. The highest BCUT2D eigenvalue weighted by atomic mass is 32.2. The van der Waals surface area contributed by atoms with Gasteiger partial charge in [0.15, 0.2) is 6.61 Å². The molecule has 0 radical (unpaired) electrons. The van der Waals surface area contributed by atoms with Crippen LogP contribution in [0.2, 0.25) is 0 Å². The van der Waals surface area contributed by atoms with Gasteiger partial charge in [0.2, 0.25) is 0 Å². The highest BCUT2D eigenvalue weighted by Gasteiger charge is 2.21. The molecule has 0 saturated carbocycles. The first-order valence-electron chi connectivity index (χ1n) is 11.7. The minimum Gasteiger partial charge on any atom is -0.494 e. The van der Waals surface area contributed by atoms with Crippen molar-refractivity contribution < 1.29 is 34.1 Å². The van der Waals surface area contributed by atoms with Crippen LogP contribution in [0.5, 0.6) is 11.5 Å². The molecule has 194 valence electrons. The van der Waals surface area contributed by atoms with Gasteiger partial charge in [0.25, 0.3) is 5.91 Å². The number of rotatable bonds is 14. The van der Waals surface area contributed by atoms with E-state index in [1.54, 1.807) is 30.5 Å². The second kappa shape index (κ2) is 13.9. The number of aryl methyl sites for hydroxylation is 1. The number of unbranched alkanes of at least 4 members (excludes halogenated alkanes) is 1. The highest BCUT2D eigenvalue weighted by molar-refractivity contribution is 7.99. The Kier molecular flexibility index (Phi) is 10.4. The van der Waals surface area contributed by atoms with E-state index in [1.807, 2.05) is 18.2 Å². The fraction of sp³-hybridized carbons (Fsp3) is 0.250. The quantitative estimate of drug-likeness (QED) is 0.244. The highest BCUT2D eigenvalue weighted by Crippen LogP contribution is 2.34. The average Bonchev–Trinajstić information content (AvgIpc) is 2.89. The van der Waals surface area contributed by atoms with E-state index in [-0.39, 0.29) is 11.4 Å². The van der Waals surface area contributed by atoms with Crippen molar-refractivity contribution in [2.45, 2.75) is 24.5 Å². The van der Waals surface area contributed by atoms with Crippen molar-refractivity contribution in [1.82, 2.24) is 0 Å². The van der Waals surface area contributed by atoms with Crippen LogP contribution in [-0.2, 0) is 16.0 Å². The van der Waals surface area contributed by atoms with Gasteiger partial charge in [0, 0.05) is 5.56 Å². The smallest absolute Gasteiger partial charge is 0.341 e. The third-order valence-corrected chi connectivity index (χ3v) is 6.40. The molecule has 0 bridgehead atoms. The van der Waals surface area contributed by atoms with Crippen molar-refractivity contribution in [1.29, 1.82) is 0 Å². The first-order chi connectivity index (χ1) is 17.9. The van der Waals surface area contributed by atoms with Crippen LogP contribution in [0.3, 0.4) is 0 Å². The fourth-order valence-corrected chi connectivity index (χ4v) is 4.24. The van der Waals surface area contributed by atoms with Gasteiger partial charge in [-0.05, 0) is 73.0 Å². The van der Waals surface area contributed by atoms with E-state index in [2.05, 4.69) is 17.4 Å². The molecule has 0 aromatic heterocycles. The number of benzene rings is 3. The molecule has 0 fully saturated rings. The van der Waals surface area contributed by atoms with E-state index in [0.29, 0.717) is 23.5 Å². The van der Waals surface area contributed by atoms with E-state index in [1.165, 1.54) is 23.8 Å². The molecule has 3 rings (SSSR count). The van der Waals surface area contributed by atoms with Crippen LogP contribution in [0.15, 0.2) is 72.8 Å². The van der Waals surface area contributed by atoms with Crippen molar-refractivity contribution in [3.63, 3.8) is 0 Å². The molecular weight excluding hydrogens is 494 g/mol. The standard InChI is InChI=1S/C28H29NO7S/c1-37-26(28(33)34)21-12-15-24(36-18-25(30)31)23(17-21)29-27(32)20-10-13-22(14-11-20)35-16-6-5-9-19-7-3-2-4-8-19/h2-4,7-8,10-15,17,26H,5-6,9,16,18H2,1H3,(H,29,32)(H,30,31)(H,33,34). The van der Waals surface area contributed by atoms with Gasteiger partial charge >= 0.3 is 11.9 Å². The zero-order valence-corrected chi connectivity index (χ0v) is 21.2. The van der Waals surface area contributed by atoms with Crippen LogP contribution in [0.1, 0.15) is 39.6 Å². The van der Waals surface area contributed by atoms with Gasteiger partial charge < -0.3 is 25.0 Å². The number of carboxylic acids is 2. The van der Waals surface area contributed by atoms with E-state index in [9.17, 15) is 19.5 Å². The molecule has 0 spiro atoms. The van der Waals surface area contributed by atoms with Gasteiger partial charge in [0.05, 0.1) is 12.3 Å². The molecule has 0 heterocycles. The first kappa shape index (κ1) is 27.6. The second-order valence-corrected chi connectivity index (χ2v) is 9.10. The summed E-state index contributed by atoms with van der Waals surface area (Å²) in [5, 5.41) is 20.3. The van der Waals surface area contributed by atoms with Gasteiger partial charge in [-0.1, -0.05) is 36.4 Å². The lowest BCUT2D eigenvalue weighted by atomic mass is 10.1. The number of hydrogen-bond acceptors (Lipinski definition) is 6. The molecular formula is C28H29NO7S. The molecule has 9 heteroatoms. The molecule has 3 aromatic rings. The number of carbonyl (C=O) groups is 3. The Hall–Kier alpha value is -3.98. The Morgan fingerprint density at radius 3 is 2.30 bits per heavy atom. The SMILES string of the molecule is CSC(C(=O)O)c1ccc(OCC(=O)O)c(NC(=O)c2ccc(OCCCCc3ccccc3)cc2)c1. The third-order valence-electron chi connectivity index (χ3n) is 5.45. The number of carbonyl (C=O) groups excluding carboxylic acids is 1. The summed E-state index contributed by atoms with van der Waals surface area (Å²) >= 11 is 1.13. The van der Waals surface area contributed by atoms with Crippen molar-refractivity contribution in [3.8, 4) is 11.5 Å². The number of amides is 1. The van der Waals surface area contributed by atoms with Gasteiger partial charge in [-0.3, -0.25) is 9.59 Å². The van der Waals surface area contributed by atoms with Gasteiger partial charge in [0.1, 0.15) is 16.7 Å². The van der Waals surface area contributed by atoms with Crippen LogP contribution in [0.4, 0.5) is 5.69 Å². The summed E-state index contributed by atoms with van der Waals surface area (Å²) in [5.74, 6) is -1.89. The Morgan fingerprint density at radius 1 is 0.919 bits per heavy atom. The van der Waals surface area contributed by atoms with Crippen molar-refractivity contribution >= 4 is 35.3 Å². The van der Waals surface area contributed by atoms with Crippen LogP contribution < -0.4 is 14.8 Å². The molecule has 0 saturated heterocycles. The topological polar surface area (TPSA) is 122 Å². The number of aliphatic carboxylic acids is 2. The van der Waals surface area contributed by atoms with Crippen LogP contribution in [0, 0.1) is 0 Å². The average molecular weight is 524 g/mol. The predicted molar refractivity (Wildman–Crippen MR) is 143 cm³/mol. The summed E-state index contributed by atoms with van der Waals surface area (Å²) in [6.07, 6.45) is 4.57. The second-order valence-electron chi connectivity index (χ2n) is 8.16. The lowest BCUT2D eigenvalue weighted by Crippen LogP contribution is -2.16. The van der Waals surface area contributed by atoms with Gasteiger partial charge in [-0.2, -0.15) is 0 Å². The normalized spacial score (nSPS) is 11.4. The summed E-state index contributed by atoms with van der Waals surface area (Å²) in [6.45, 7) is -0.0415. The van der Waals surface area contributed by atoms with E-state index in [0.717, 1.165) is 31.0 Å². The summed E-state index contributed by atoms with van der Waals surface area (Å²) < 4.78 is 11.1. The Labute approximate surface area is 219 Å². The lowest BCUT2D eigenvalue weighted by molar-refractivity contribution is -0.139. The van der Waals surface area contributed by atoms with Crippen molar-refractivity contribution in [2.24, 2.45) is 0 Å². The predicted octanol–water partition coefficient (Wildman–Crippen LogP) is 5.29. The summed E-state index contributed by atoms with van der Waals surface area (Å²) in [6, 6.07) is 21.4. The first-order valence-corrected chi connectivity index (χ1v) is 13.0. The van der Waals surface area contributed by atoms with Crippen LogP contribution in [0.25, 0.3) is 0 Å². The van der Waals surface area contributed by atoms with E-state index in [4.69, 9.17) is 14.6 Å². The summed E-state index contributed by atoms with van der Waals surface area (Å²) in [4.78, 5) is 35.4. The third kappa shape index (κ3) is 8.57. The van der Waals surface area contributed by atoms with Crippen LogP contribution in [-0.4, -0.2) is 47.5 Å². The Balaban J connectivity index is 1.61. The van der Waals surface area contributed by atoms with E-state index >= 15 is 0 Å². The zero-order valence-electron chi connectivity index (χ0n) is 20.4. The molecule has 3 aromatic carbocycles. The lowest BCUT2D eigenvalue weighted by Gasteiger charge is -2.16. The molecule has 1 amide bonds. The number of nitrogens with one attached hydrogen (secondary N) is 1. The number of carboxylic acid groups (broad SMARTS) is 2. The molecule has 3 N–H and O–H groups in total. The summed E-state index contributed by atoms with van der Waals surface area (Å²) in [7, 11) is 0. The number of thioether (sulfide) groups is 1. The monoisotopic (exact) mass is 523 g/mol. The fourth-order valence-electron chi connectivity index (χ4n) is 3.62. The Bertz CT molecular complexity index is 1200. The maximum Gasteiger partial charge on any atom is 0.341 e. The number of hydrogen-bond donors (Lipinski definition) is 3. The van der Waals surface area contributed by atoms with Crippen molar-refractivity contribution in [3.05, 3.63) is 89.5 Å². The molecule has 0 aliphatic carbocycles. The van der Waals surface area contributed by atoms with Gasteiger partial charge in [-0.25, -0.2) is 4.79 Å². The largest absolute Gasteiger partial charge is 0.494 e. The summed E-state index contributed by atoms with van der Waals surface area (Å²) in [5.41, 5.74) is 2.27. The molecule has 8 nitrogen and oxygen atoms in total. The molecule has 0 aliphatic heterocycles. The number of anilines is 1. The minimum atomic E-state index is -1.18. The number of ether oxygens (including phenoxy) is 2. The van der Waals surface area contributed by atoms with Gasteiger partial charge in [-0.15, -0.1) is 11.8 Å². The maximum atomic E-state index is 12.9. The minimum absolute atomic E-state index is 0.125.